The Balaban J connectivity index is 1.55. The monoisotopic (exact) mass is 472 g/mol. The number of carbonyl (C=O) groups is 1. The van der Waals surface area contributed by atoms with Gasteiger partial charge in [-0.05, 0) is 48.0 Å². The van der Waals surface area contributed by atoms with Crippen LogP contribution in [0.5, 0.6) is 5.88 Å². The fraction of sp³-hybridized carbons (Fsp3) is 0.227. The number of amides is 1. The van der Waals surface area contributed by atoms with Crippen molar-refractivity contribution in [2.75, 3.05) is 12.9 Å². The molecule has 0 bridgehead atoms. The van der Waals surface area contributed by atoms with Crippen molar-refractivity contribution in [3.05, 3.63) is 82.6 Å². The van der Waals surface area contributed by atoms with Crippen LogP contribution in [0.2, 0.25) is 5.02 Å². The van der Waals surface area contributed by atoms with Crippen LogP contribution in [-0.4, -0.2) is 52.9 Å². The molecule has 1 atom stereocenters. The number of hydrogen-bond donors (Lipinski definition) is 0. The molecule has 10 heteroatoms. The van der Waals surface area contributed by atoms with Crippen LogP contribution in [0.3, 0.4) is 0 Å². The minimum atomic E-state index is -3.33. The molecule has 1 aromatic carbocycles. The number of nitrogens with zero attached hydrogens (tertiary/aromatic N) is 4. The summed E-state index contributed by atoms with van der Waals surface area (Å²) in [6, 6.07) is 11.9. The van der Waals surface area contributed by atoms with E-state index < -0.39 is 15.9 Å². The predicted octanol–water partition coefficient (Wildman–Crippen LogP) is 2.81. The third kappa shape index (κ3) is 5.17. The fourth-order valence-electron chi connectivity index (χ4n) is 3.45. The minimum absolute atomic E-state index is 0.0349. The SMILES string of the molecule is COc1cc(CN(C(=O)Cc2ccn(-c3ccc(Cl)cc3)n2)C2C=CS(=O)(=O)C2)ccn1. The van der Waals surface area contributed by atoms with Gasteiger partial charge in [0.05, 0.1) is 36.7 Å². The van der Waals surface area contributed by atoms with Crippen molar-refractivity contribution in [1.29, 1.82) is 0 Å². The third-order valence-corrected chi connectivity index (χ3v) is 6.69. The van der Waals surface area contributed by atoms with Gasteiger partial charge < -0.3 is 9.64 Å². The first-order valence-electron chi connectivity index (χ1n) is 9.83. The maximum atomic E-state index is 13.2. The van der Waals surface area contributed by atoms with E-state index in [0.29, 0.717) is 16.6 Å². The van der Waals surface area contributed by atoms with Gasteiger partial charge >= 0.3 is 0 Å². The van der Waals surface area contributed by atoms with Crippen LogP contribution in [0.15, 0.2) is 66.3 Å². The quantitative estimate of drug-likeness (QED) is 0.524. The number of carbonyl (C=O) groups excluding carboxylic acids is 1. The standard InChI is InChI=1S/C22H21ClN4O4S/c1-31-21-12-16(6-9-24-21)14-26(20-8-11-32(29,30)15-20)22(28)13-18-7-10-27(25-18)19-4-2-17(23)3-5-19/h2-12,20H,13-15H2,1H3. The molecule has 0 fully saturated rings. The van der Waals surface area contributed by atoms with Gasteiger partial charge in [-0.15, -0.1) is 0 Å². The molecule has 3 aromatic rings. The highest BCUT2D eigenvalue weighted by molar-refractivity contribution is 7.94. The van der Waals surface area contributed by atoms with Crippen molar-refractivity contribution < 1.29 is 17.9 Å². The van der Waals surface area contributed by atoms with Gasteiger partial charge in [0.25, 0.3) is 0 Å². The number of ether oxygens (including phenoxy) is 1. The van der Waals surface area contributed by atoms with E-state index in [1.165, 1.54) is 12.5 Å². The van der Waals surface area contributed by atoms with Gasteiger partial charge in [-0.25, -0.2) is 18.1 Å². The summed E-state index contributed by atoms with van der Waals surface area (Å²) in [5.74, 6) is 0.0558. The highest BCUT2D eigenvalue weighted by Gasteiger charge is 2.30. The molecule has 1 aliphatic rings. The Kier molecular flexibility index (Phi) is 6.29. The number of rotatable bonds is 7. The summed E-state index contributed by atoms with van der Waals surface area (Å²) in [7, 11) is -1.82. The molecular formula is C22H21ClN4O4S. The molecule has 32 heavy (non-hydrogen) atoms. The zero-order valence-corrected chi connectivity index (χ0v) is 18.8. The highest BCUT2D eigenvalue weighted by atomic mass is 35.5. The van der Waals surface area contributed by atoms with Crippen LogP contribution in [0.1, 0.15) is 11.3 Å². The third-order valence-electron chi connectivity index (χ3n) is 5.06. The van der Waals surface area contributed by atoms with Gasteiger partial charge in [0.2, 0.25) is 11.8 Å². The van der Waals surface area contributed by atoms with E-state index in [1.807, 2.05) is 12.1 Å². The smallest absolute Gasteiger partial charge is 0.229 e. The average Bonchev–Trinajstić information content (AvgIpc) is 3.38. The number of aromatic nitrogens is 3. The van der Waals surface area contributed by atoms with Crippen molar-refractivity contribution in [3.63, 3.8) is 0 Å². The van der Waals surface area contributed by atoms with E-state index in [4.69, 9.17) is 16.3 Å². The predicted molar refractivity (Wildman–Crippen MR) is 120 cm³/mol. The molecule has 2 aromatic heterocycles. The number of methoxy groups -OCH3 is 1. The summed E-state index contributed by atoms with van der Waals surface area (Å²) in [6.45, 7) is 0.222. The Hall–Kier alpha value is -3.17. The van der Waals surface area contributed by atoms with Crippen LogP contribution in [0.4, 0.5) is 0 Å². The average molecular weight is 473 g/mol. The van der Waals surface area contributed by atoms with Crippen LogP contribution in [0, 0.1) is 0 Å². The van der Waals surface area contributed by atoms with Crippen molar-refractivity contribution >= 4 is 27.3 Å². The summed E-state index contributed by atoms with van der Waals surface area (Å²) >= 11 is 5.94. The molecule has 1 amide bonds. The van der Waals surface area contributed by atoms with E-state index in [1.54, 1.807) is 58.4 Å². The van der Waals surface area contributed by atoms with Crippen LogP contribution >= 0.6 is 11.6 Å². The second kappa shape index (κ2) is 9.13. The molecule has 166 valence electrons. The van der Waals surface area contributed by atoms with Gasteiger partial charge in [-0.3, -0.25) is 4.79 Å². The molecule has 8 nitrogen and oxygen atoms in total. The van der Waals surface area contributed by atoms with Gasteiger partial charge in [0, 0.05) is 35.4 Å². The molecule has 0 N–H and O–H groups in total. The molecule has 4 rings (SSSR count). The Morgan fingerprint density at radius 3 is 2.72 bits per heavy atom. The van der Waals surface area contributed by atoms with Gasteiger partial charge in [0.15, 0.2) is 9.84 Å². The maximum Gasteiger partial charge on any atom is 0.229 e. The van der Waals surface area contributed by atoms with Crippen molar-refractivity contribution in [2.45, 2.75) is 19.0 Å². The Morgan fingerprint density at radius 2 is 2.03 bits per heavy atom. The van der Waals surface area contributed by atoms with Crippen LogP contribution in [0.25, 0.3) is 5.69 Å². The lowest BCUT2D eigenvalue weighted by atomic mass is 10.1. The van der Waals surface area contributed by atoms with E-state index in [0.717, 1.165) is 11.3 Å². The number of pyridine rings is 1. The van der Waals surface area contributed by atoms with Crippen molar-refractivity contribution in [3.8, 4) is 11.6 Å². The molecule has 0 radical (unpaired) electrons. The summed E-state index contributed by atoms with van der Waals surface area (Å²) in [6.07, 6.45) is 4.95. The van der Waals surface area contributed by atoms with Gasteiger partial charge in [-0.1, -0.05) is 11.6 Å². The Labute approximate surface area is 191 Å². The summed E-state index contributed by atoms with van der Waals surface area (Å²) in [5, 5.41) is 6.27. The van der Waals surface area contributed by atoms with Crippen molar-refractivity contribution in [2.24, 2.45) is 0 Å². The first-order chi connectivity index (χ1) is 15.3. The lowest BCUT2D eigenvalue weighted by Crippen LogP contribution is -2.41. The topological polar surface area (TPSA) is 94.4 Å². The molecule has 0 saturated heterocycles. The van der Waals surface area contributed by atoms with E-state index in [9.17, 15) is 13.2 Å². The maximum absolute atomic E-state index is 13.2. The number of hydrogen-bond acceptors (Lipinski definition) is 6. The minimum Gasteiger partial charge on any atom is -0.481 e. The molecule has 0 spiro atoms. The highest BCUT2D eigenvalue weighted by Crippen LogP contribution is 2.20. The molecular weight excluding hydrogens is 452 g/mol. The van der Waals surface area contributed by atoms with Crippen molar-refractivity contribution in [1.82, 2.24) is 19.7 Å². The number of halogens is 1. The van der Waals surface area contributed by atoms with E-state index >= 15 is 0 Å². The molecule has 3 heterocycles. The second-order valence-electron chi connectivity index (χ2n) is 7.36. The second-order valence-corrected chi connectivity index (χ2v) is 9.73. The van der Waals surface area contributed by atoms with Crippen LogP contribution in [-0.2, 0) is 27.6 Å². The first kappa shape index (κ1) is 22.0. The lowest BCUT2D eigenvalue weighted by molar-refractivity contribution is -0.132. The summed E-state index contributed by atoms with van der Waals surface area (Å²) in [5.41, 5.74) is 2.18. The number of benzene rings is 1. The summed E-state index contributed by atoms with van der Waals surface area (Å²) in [4.78, 5) is 18.9. The van der Waals surface area contributed by atoms with Gasteiger partial charge in [-0.2, -0.15) is 5.10 Å². The molecule has 0 saturated carbocycles. The summed E-state index contributed by atoms with van der Waals surface area (Å²) < 4.78 is 30.8. The largest absolute Gasteiger partial charge is 0.481 e. The molecule has 1 unspecified atom stereocenters. The Morgan fingerprint density at radius 1 is 1.25 bits per heavy atom. The normalized spacial score (nSPS) is 16.8. The lowest BCUT2D eigenvalue weighted by Gasteiger charge is -2.27. The zero-order valence-electron chi connectivity index (χ0n) is 17.3. The van der Waals surface area contributed by atoms with Crippen LogP contribution < -0.4 is 4.74 Å². The van der Waals surface area contributed by atoms with E-state index in [2.05, 4.69) is 10.1 Å². The Bertz CT molecular complexity index is 1250. The zero-order chi connectivity index (χ0) is 22.7. The van der Waals surface area contributed by atoms with E-state index in [-0.39, 0.29) is 24.6 Å². The van der Waals surface area contributed by atoms with Gasteiger partial charge in [0.1, 0.15) is 0 Å². The molecule has 1 aliphatic heterocycles. The number of sulfone groups is 1. The molecule has 0 aliphatic carbocycles. The fourth-order valence-corrected chi connectivity index (χ4v) is 4.88. The first-order valence-corrected chi connectivity index (χ1v) is 11.9.